The fourth-order valence-electron chi connectivity index (χ4n) is 1.81. The summed E-state index contributed by atoms with van der Waals surface area (Å²) in [5.74, 6) is -0.670. The van der Waals surface area contributed by atoms with Crippen LogP contribution in [-0.4, -0.2) is 32.7 Å². The van der Waals surface area contributed by atoms with Crippen LogP contribution < -0.4 is 14.8 Å². The Bertz CT molecular complexity index is 621. The lowest BCUT2D eigenvalue weighted by molar-refractivity contribution is -0.125. The summed E-state index contributed by atoms with van der Waals surface area (Å²) in [5, 5.41) is 2.77. The quantitative estimate of drug-likeness (QED) is 0.836. The number of benzene rings is 1. The highest BCUT2D eigenvalue weighted by Crippen LogP contribution is 2.18. The topological polar surface area (TPSA) is 84.5 Å². The molecule has 22 heavy (non-hydrogen) atoms. The molecule has 0 spiro atoms. The molecule has 0 saturated carbocycles. The molecule has 0 aliphatic carbocycles. The number of carbonyl (C=O) groups excluding carboxylic acids is 1. The monoisotopic (exact) mass is 328 g/mol. The first kappa shape index (κ1) is 18.3. The van der Waals surface area contributed by atoms with Gasteiger partial charge in [0.25, 0.3) is 0 Å². The van der Waals surface area contributed by atoms with Crippen LogP contribution >= 0.6 is 0 Å². The molecule has 0 aliphatic rings. The van der Waals surface area contributed by atoms with Crippen LogP contribution in [0.25, 0.3) is 0 Å². The van der Waals surface area contributed by atoms with Gasteiger partial charge in [-0.25, -0.2) is 8.42 Å². The van der Waals surface area contributed by atoms with Crippen molar-refractivity contribution in [1.29, 1.82) is 0 Å². The van der Waals surface area contributed by atoms with Crippen LogP contribution in [0.4, 0.5) is 5.69 Å². The third-order valence-electron chi connectivity index (χ3n) is 2.76. The number of amides is 1. The molecule has 1 atom stereocenters. The van der Waals surface area contributed by atoms with E-state index in [9.17, 15) is 13.2 Å². The predicted octanol–water partition coefficient (Wildman–Crippen LogP) is 1.99. The van der Waals surface area contributed by atoms with Crippen molar-refractivity contribution in [2.75, 3.05) is 17.6 Å². The molecule has 2 N–H and O–H groups in total. The van der Waals surface area contributed by atoms with Gasteiger partial charge < -0.3 is 10.1 Å². The molecule has 0 radical (unpaired) electrons. The summed E-state index contributed by atoms with van der Waals surface area (Å²) >= 11 is 0. The highest BCUT2D eigenvalue weighted by molar-refractivity contribution is 7.92. The van der Waals surface area contributed by atoms with E-state index in [4.69, 9.17) is 4.74 Å². The lowest BCUT2D eigenvalue weighted by Crippen LogP contribution is -2.45. The first-order valence-corrected chi connectivity index (χ1v) is 8.64. The van der Waals surface area contributed by atoms with E-state index in [1.165, 1.54) is 7.11 Å². The van der Waals surface area contributed by atoms with Crippen LogP contribution in [0.15, 0.2) is 24.3 Å². The van der Waals surface area contributed by atoms with Crippen molar-refractivity contribution in [1.82, 2.24) is 5.32 Å². The Morgan fingerprint density at radius 1 is 1.32 bits per heavy atom. The van der Waals surface area contributed by atoms with Crippen molar-refractivity contribution in [3.05, 3.63) is 24.3 Å². The van der Waals surface area contributed by atoms with E-state index in [0.29, 0.717) is 11.4 Å². The molecular formula is C15H24N2O4S. The van der Waals surface area contributed by atoms with Crippen LogP contribution in [0.3, 0.4) is 0 Å². The molecule has 0 aliphatic heterocycles. The zero-order valence-electron chi connectivity index (χ0n) is 13.6. The standard InChI is InChI=1S/C15H24N2O4S/c1-11(14(18)16-15(2,3)4)10-22(19,20)17-12-7-6-8-13(9-12)21-5/h6-9,11,17H,10H2,1-5H3,(H,16,18). The van der Waals surface area contributed by atoms with Crippen LogP contribution in [0.2, 0.25) is 0 Å². The Balaban J connectivity index is 2.72. The minimum absolute atomic E-state index is 0.286. The van der Waals surface area contributed by atoms with E-state index < -0.39 is 21.5 Å². The molecule has 124 valence electrons. The average molecular weight is 328 g/mol. The van der Waals surface area contributed by atoms with Gasteiger partial charge in [-0.2, -0.15) is 0 Å². The summed E-state index contributed by atoms with van der Waals surface area (Å²) in [6.07, 6.45) is 0. The van der Waals surface area contributed by atoms with Crippen molar-refractivity contribution in [2.24, 2.45) is 5.92 Å². The number of methoxy groups -OCH3 is 1. The highest BCUT2D eigenvalue weighted by atomic mass is 32.2. The number of nitrogens with one attached hydrogen (secondary N) is 2. The molecule has 0 bridgehead atoms. The summed E-state index contributed by atoms with van der Waals surface area (Å²) in [5.41, 5.74) is 0.0118. The normalized spacial score (nSPS) is 13.3. The van der Waals surface area contributed by atoms with Crippen molar-refractivity contribution in [3.63, 3.8) is 0 Å². The summed E-state index contributed by atoms with van der Waals surface area (Å²) in [6, 6.07) is 6.61. The van der Waals surface area contributed by atoms with Gasteiger partial charge >= 0.3 is 0 Å². The SMILES string of the molecule is COc1cccc(NS(=O)(=O)CC(C)C(=O)NC(C)(C)C)c1. The van der Waals surface area contributed by atoms with Crippen LogP contribution in [-0.2, 0) is 14.8 Å². The lowest BCUT2D eigenvalue weighted by Gasteiger charge is -2.23. The molecular weight excluding hydrogens is 304 g/mol. The molecule has 0 saturated heterocycles. The second kappa shape index (κ2) is 7.00. The summed E-state index contributed by atoms with van der Waals surface area (Å²) in [6.45, 7) is 7.13. The van der Waals surface area contributed by atoms with Gasteiger partial charge in [-0.15, -0.1) is 0 Å². The average Bonchev–Trinajstić information content (AvgIpc) is 2.35. The van der Waals surface area contributed by atoms with Crippen LogP contribution in [0, 0.1) is 5.92 Å². The van der Waals surface area contributed by atoms with E-state index in [1.54, 1.807) is 31.2 Å². The predicted molar refractivity (Wildman–Crippen MR) is 87.5 cm³/mol. The summed E-state index contributed by atoms with van der Waals surface area (Å²) in [7, 11) is -2.12. The van der Waals surface area contributed by atoms with E-state index >= 15 is 0 Å². The zero-order valence-corrected chi connectivity index (χ0v) is 14.5. The Morgan fingerprint density at radius 2 is 1.95 bits per heavy atom. The van der Waals surface area contributed by atoms with Gasteiger partial charge in [-0.05, 0) is 32.9 Å². The summed E-state index contributed by atoms with van der Waals surface area (Å²) < 4.78 is 31.8. The Labute approximate surface area is 132 Å². The number of rotatable bonds is 6. The second-order valence-corrected chi connectivity index (χ2v) is 8.02. The molecule has 1 aromatic rings. The highest BCUT2D eigenvalue weighted by Gasteiger charge is 2.24. The molecule has 1 unspecified atom stereocenters. The van der Waals surface area contributed by atoms with Crippen molar-refractivity contribution < 1.29 is 17.9 Å². The smallest absolute Gasteiger partial charge is 0.233 e. The van der Waals surface area contributed by atoms with Crippen LogP contribution in [0.5, 0.6) is 5.75 Å². The van der Waals surface area contributed by atoms with Gasteiger partial charge in [0.2, 0.25) is 15.9 Å². The van der Waals surface area contributed by atoms with Gasteiger partial charge in [-0.3, -0.25) is 9.52 Å². The second-order valence-electron chi connectivity index (χ2n) is 6.26. The van der Waals surface area contributed by atoms with E-state index in [-0.39, 0.29) is 11.7 Å². The maximum atomic E-state index is 12.1. The van der Waals surface area contributed by atoms with Crippen molar-refractivity contribution >= 4 is 21.6 Å². The van der Waals surface area contributed by atoms with E-state index in [0.717, 1.165) is 0 Å². The van der Waals surface area contributed by atoms with Crippen molar-refractivity contribution in [3.8, 4) is 5.75 Å². The maximum Gasteiger partial charge on any atom is 0.233 e. The van der Waals surface area contributed by atoms with E-state index in [2.05, 4.69) is 10.0 Å². The van der Waals surface area contributed by atoms with Crippen molar-refractivity contribution in [2.45, 2.75) is 33.2 Å². The first-order chi connectivity index (χ1) is 10.0. The minimum Gasteiger partial charge on any atom is -0.497 e. The fraction of sp³-hybridized carbons (Fsp3) is 0.533. The Hall–Kier alpha value is -1.76. The molecule has 0 heterocycles. The molecule has 1 amide bonds. The molecule has 1 rings (SSSR count). The summed E-state index contributed by atoms with van der Waals surface area (Å²) in [4.78, 5) is 12.0. The van der Waals surface area contributed by atoms with Gasteiger partial charge in [0.15, 0.2) is 0 Å². The minimum atomic E-state index is -3.63. The number of hydrogen-bond donors (Lipinski definition) is 2. The molecule has 0 fully saturated rings. The third kappa shape index (κ3) is 6.34. The van der Waals surface area contributed by atoms with Gasteiger partial charge in [-0.1, -0.05) is 13.0 Å². The number of ether oxygens (including phenoxy) is 1. The Morgan fingerprint density at radius 3 is 2.50 bits per heavy atom. The van der Waals surface area contributed by atoms with Gasteiger partial charge in [0, 0.05) is 11.6 Å². The van der Waals surface area contributed by atoms with Gasteiger partial charge in [0.05, 0.1) is 24.5 Å². The molecule has 6 nitrogen and oxygen atoms in total. The largest absolute Gasteiger partial charge is 0.497 e. The molecule has 7 heteroatoms. The fourth-order valence-corrected chi connectivity index (χ4v) is 3.18. The Kier molecular flexibility index (Phi) is 5.82. The number of sulfonamides is 1. The third-order valence-corrected chi connectivity index (χ3v) is 4.24. The number of carbonyl (C=O) groups is 1. The zero-order chi connectivity index (χ0) is 17.0. The first-order valence-electron chi connectivity index (χ1n) is 6.99. The van der Waals surface area contributed by atoms with Crippen LogP contribution in [0.1, 0.15) is 27.7 Å². The maximum absolute atomic E-state index is 12.1. The van der Waals surface area contributed by atoms with E-state index in [1.807, 2.05) is 20.8 Å². The lowest BCUT2D eigenvalue weighted by atomic mass is 10.1. The molecule has 1 aromatic carbocycles. The van der Waals surface area contributed by atoms with Gasteiger partial charge in [0.1, 0.15) is 5.75 Å². The molecule has 0 aromatic heterocycles. The number of anilines is 1. The number of hydrogen-bond acceptors (Lipinski definition) is 4.